The molecule has 1 aliphatic heterocycles. The smallest absolute Gasteiger partial charge is 0.410 e. The second-order valence-corrected chi connectivity index (χ2v) is 6.09. The molecule has 3 heteroatoms. The van der Waals surface area contributed by atoms with Gasteiger partial charge in [0.1, 0.15) is 6.61 Å². The Kier molecular flexibility index (Phi) is 3.45. The molecule has 2 unspecified atom stereocenters. The van der Waals surface area contributed by atoms with Gasteiger partial charge in [0.15, 0.2) is 0 Å². The number of fused-ring (bicyclic) bond motifs is 1. The summed E-state index contributed by atoms with van der Waals surface area (Å²) in [6, 6.07) is 9.88. The van der Waals surface area contributed by atoms with Gasteiger partial charge in [0.05, 0.1) is 0 Å². The van der Waals surface area contributed by atoms with E-state index in [4.69, 9.17) is 4.74 Å². The number of piperidine rings is 1. The Labute approximate surface area is 120 Å². The van der Waals surface area contributed by atoms with E-state index in [0.717, 1.165) is 24.9 Å². The molecule has 3 atom stereocenters. The Balaban J connectivity index is 1.63. The van der Waals surface area contributed by atoms with E-state index in [1.165, 1.54) is 6.42 Å². The molecule has 1 aliphatic carbocycles. The number of carbonyl (C=O) groups is 1. The largest absolute Gasteiger partial charge is 0.445 e. The number of rotatable bonds is 4. The number of carbonyl (C=O) groups excluding carboxylic acids is 1. The molecule has 20 heavy (non-hydrogen) atoms. The second-order valence-electron chi connectivity index (χ2n) is 6.09. The van der Waals surface area contributed by atoms with Crippen LogP contribution in [0, 0.1) is 11.8 Å². The van der Waals surface area contributed by atoms with Crippen LogP contribution in [-0.4, -0.2) is 23.1 Å². The minimum absolute atomic E-state index is 0.119. The molecule has 1 heterocycles. The fourth-order valence-corrected chi connectivity index (χ4v) is 3.85. The van der Waals surface area contributed by atoms with Crippen LogP contribution in [0.25, 0.3) is 0 Å². The van der Waals surface area contributed by atoms with Gasteiger partial charge >= 0.3 is 6.09 Å². The maximum absolute atomic E-state index is 12.4. The lowest BCUT2D eigenvalue weighted by atomic mass is 10.0. The standard InChI is InChI=1S/C17H23NO2/c1-3-14-11-18(17(4-2)10-15(14)17)16(19)20-12-13-8-6-5-7-9-13/h5-9,14-15H,3-4,10-12H2,1-2H3/t14?,15?,17-/m0/s1. The van der Waals surface area contributed by atoms with Crippen molar-refractivity contribution in [1.82, 2.24) is 4.90 Å². The number of likely N-dealkylation sites (tertiary alicyclic amines) is 1. The molecule has 3 rings (SSSR count). The normalized spacial score (nSPS) is 31.0. The summed E-state index contributed by atoms with van der Waals surface area (Å²) in [5.74, 6) is 1.38. The molecule has 3 nitrogen and oxygen atoms in total. The minimum Gasteiger partial charge on any atom is -0.445 e. The molecule has 1 saturated carbocycles. The van der Waals surface area contributed by atoms with E-state index in [-0.39, 0.29) is 11.6 Å². The van der Waals surface area contributed by atoms with Gasteiger partial charge in [-0.15, -0.1) is 0 Å². The van der Waals surface area contributed by atoms with E-state index in [9.17, 15) is 4.79 Å². The Morgan fingerprint density at radius 2 is 2.10 bits per heavy atom. The Hall–Kier alpha value is -1.51. The number of hydrogen-bond donors (Lipinski definition) is 0. The van der Waals surface area contributed by atoms with Crippen LogP contribution in [0.1, 0.15) is 38.7 Å². The summed E-state index contributed by atoms with van der Waals surface area (Å²) in [5.41, 5.74) is 1.17. The van der Waals surface area contributed by atoms with Crippen LogP contribution in [0.5, 0.6) is 0 Å². The fraction of sp³-hybridized carbons (Fsp3) is 0.588. The first-order chi connectivity index (χ1) is 9.71. The summed E-state index contributed by atoms with van der Waals surface area (Å²) in [6.07, 6.45) is 3.25. The summed E-state index contributed by atoms with van der Waals surface area (Å²) in [4.78, 5) is 14.4. The van der Waals surface area contributed by atoms with E-state index in [1.54, 1.807) is 0 Å². The maximum atomic E-state index is 12.4. The predicted octanol–water partition coefficient (Wildman–Crippen LogP) is 3.83. The van der Waals surface area contributed by atoms with Crippen LogP contribution in [0.3, 0.4) is 0 Å². The molecule has 1 aromatic rings. The molecule has 108 valence electrons. The lowest BCUT2D eigenvalue weighted by molar-refractivity contribution is 0.0802. The van der Waals surface area contributed by atoms with Crippen molar-refractivity contribution < 1.29 is 9.53 Å². The third-order valence-electron chi connectivity index (χ3n) is 5.19. The van der Waals surface area contributed by atoms with Crippen molar-refractivity contribution in [3.63, 3.8) is 0 Å². The molecule has 0 N–H and O–H groups in total. The molecule has 2 fully saturated rings. The Morgan fingerprint density at radius 3 is 2.75 bits per heavy atom. The van der Waals surface area contributed by atoms with Crippen LogP contribution in [0.2, 0.25) is 0 Å². The first-order valence-corrected chi connectivity index (χ1v) is 7.69. The summed E-state index contributed by atoms with van der Waals surface area (Å²) < 4.78 is 5.52. The molecule has 2 aliphatic rings. The van der Waals surface area contributed by atoms with Crippen molar-refractivity contribution in [2.75, 3.05) is 6.54 Å². The van der Waals surface area contributed by atoms with Crippen LogP contribution >= 0.6 is 0 Å². The molecular weight excluding hydrogens is 250 g/mol. The van der Waals surface area contributed by atoms with Crippen molar-refractivity contribution in [2.24, 2.45) is 11.8 Å². The first-order valence-electron chi connectivity index (χ1n) is 7.69. The first kappa shape index (κ1) is 13.5. The Bertz CT molecular complexity index is 487. The van der Waals surface area contributed by atoms with E-state index >= 15 is 0 Å². The monoisotopic (exact) mass is 273 g/mol. The van der Waals surface area contributed by atoms with Gasteiger partial charge in [-0.3, -0.25) is 0 Å². The van der Waals surface area contributed by atoms with Crippen molar-refractivity contribution in [2.45, 2.75) is 45.3 Å². The minimum atomic E-state index is -0.130. The van der Waals surface area contributed by atoms with E-state index in [0.29, 0.717) is 18.4 Å². The average molecular weight is 273 g/mol. The van der Waals surface area contributed by atoms with E-state index in [2.05, 4.69) is 13.8 Å². The zero-order valence-electron chi connectivity index (χ0n) is 12.3. The van der Waals surface area contributed by atoms with Gasteiger partial charge in [-0.1, -0.05) is 50.6 Å². The van der Waals surface area contributed by atoms with Gasteiger partial charge in [0.2, 0.25) is 0 Å². The van der Waals surface area contributed by atoms with Crippen molar-refractivity contribution in [3.05, 3.63) is 35.9 Å². The summed E-state index contributed by atoms with van der Waals surface area (Å²) in [7, 11) is 0. The molecule has 0 spiro atoms. The molecular formula is C17H23NO2. The van der Waals surface area contributed by atoms with Crippen LogP contribution in [0.4, 0.5) is 4.79 Å². The van der Waals surface area contributed by atoms with Crippen molar-refractivity contribution in [3.8, 4) is 0 Å². The number of ether oxygens (including phenoxy) is 1. The highest BCUT2D eigenvalue weighted by atomic mass is 16.6. The zero-order chi connectivity index (χ0) is 14.2. The highest BCUT2D eigenvalue weighted by Crippen LogP contribution is 2.61. The van der Waals surface area contributed by atoms with Gasteiger partial charge < -0.3 is 9.64 Å². The third kappa shape index (κ3) is 2.09. The van der Waals surface area contributed by atoms with Crippen LogP contribution in [-0.2, 0) is 11.3 Å². The summed E-state index contributed by atoms with van der Waals surface area (Å²) >= 11 is 0. The van der Waals surface area contributed by atoms with Gasteiger partial charge in [0.25, 0.3) is 0 Å². The topological polar surface area (TPSA) is 29.5 Å². The highest BCUT2D eigenvalue weighted by molar-refractivity contribution is 5.70. The Morgan fingerprint density at radius 1 is 1.35 bits per heavy atom. The molecule has 1 amide bonds. The van der Waals surface area contributed by atoms with Gasteiger partial charge in [0, 0.05) is 12.1 Å². The number of hydrogen-bond acceptors (Lipinski definition) is 2. The second kappa shape index (κ2) is 5.12. The summed E-state index contributed by atoms with van der Waals surface area (Å²) in [5, 5.41) is 0. The maximum Gasteiger partial charge on any atom is 0.410 e. The van der Waals surface area contributed by atoms with Crippen molar-refractivity contribution in [1.29, 1.82) is 0 Å². The SMILES string of the molecule is CCC1CN(C(=O)OCc2ccccc2)[C@@]2(CC)CC12. The third-order valence-corrected chi connectivity index (χ3v) is 5.19. The van der Waals surface area contributed by atoms with E-state index < -0.39 is 0 Å². The average Bonchev–Trinajstić information content (AvgIpc) is 3.15. The lowest BCUT2D eigenvalue weighted by Gasteiger charge is -2.27. The number of benzene rings is 1. The summed E-state index contributed by atoms with van der Waals surface area (Å²) in [6.45, 7) is 5.66. The molecule has 0 bridgehead atoms. The van der Waals surface area contributed by atoms with Gasteiger partial charge in [-0.05, 0) is 30.2 Å². The molecule has 0 radical (unpaired) electrons. The number of nitrogens with zero attached hydrogens (tertiary/aromatic N) is 1. The quantitative estimate of drug-likeness (QED) is 0.834. The lowest BCUT2D eigenvalue weighted by Crippen LogP contribution is -2.40. The molecule has 1 saturated heterocycles. The molecule has 1 aromatic carbocycles. The number of amides is 1. The predicted molar refractivity (Wildman–Crippen MR) is 78.2 cm³/mol. The van der Waals surface area contributed by atoms with Crippen LogP contribution in [0.15, 0.2) is 30.3 Å². The molecule has 0 aromatic heterocycles. The van der Waals surface area contributed by atoms with E-state index in [1.807, 2.05) is 35.2 Å². The van der Waals surface area contributed by atoms with Gasteiger partial charge in [-0.25, -0.2) is 4.79 Å². The highest BCUT2D eigenvalue weighted by Gasteiger charge is 2.66. The van der Waals surface area contributed by atoms with Gasteiger partial charge in [-0.2, -0.15) is 0 Å². The van der Waals surface area contributed by atoms with Crippen molar-refractivity contribution >= 4 is 6.09 Å². The van der Waals surface area contributed by atoms with Crippen LogP contribution < -0.4 is 0 Å². The zero-order valence-corrected chi connectivity index (χ0v) is 12.3. The fourth-order valence-electron chi connectivity index (χ4n) is 3.85.